The second kappa shape index (κ2) is 4.98. The Morgan fingerprint density at radius 3 is 2.67 bits per heavy atom. The van der Waals surface area contributed by atoms with E-state index in [-0.39, 0.29) is 12.5 Å². The van der Waals surface area contributed by atoms with E-state index in [1.165, 1.54) is 0 Å². The van der Waals surface area contributed by atoms with Gasteiger partial charge in [-0.15, -0.1) is 0 Å². The first-order valence-electron chi connectivity index (χ1n) is 5.25. The third-order valence-electron chi connectivity index (χ3n) is 2.74. The van der Waals surface area contributed by atoms with Crippen molar-refractivity contribution in [3.8, 4) is 0 Å². The van der Waals surface area contributed by atoms with Gasteiger partial charge >= 0.3 is 0 Å². The molecule has 0 aliphatic carbocycles. The highest BCUT2D eigenvalue weighted by molar-refractivity contribution is 5.92. The fourth-order valence-corrected chi connectivity index (χ4v) is 1.31. The van der Waals surface area contributed by atoms with Crippen LogP contribution in [0.25, 0.3) is 0 Å². The highest BCUT2D eigenvalue weighted by Gasteiger charge is 2.22. The van der Waals surface area contributed by atoms with Gasteiger partial charge in [0.1, 0.15) is 5.69 Å². The monoisotopic (exact) mass is 210 g/mol. The minimum atomic E-state index is -0.789. The SMILES string of the molecule is CCC(O)(CC)CNC(=O)c1ccc[nH]1. The zero-order valence-corrected chi connectivity index (χ0v) is 9.21. The third-order valence-corrected chi connectivity index (χ3v) is 2.74. The maximum absolute atomic E-state index is 11.5. The van der Waals surface area contributed by atoms with E-state index in [1.54, 1.807) is 18.3 Å². The molecule has 0 unspecified atom stereocenters. The molecule has 4 heteroatoms. The maximum Gasteiger partial charge on any atom is 0.267 e. The summed E-state index contributed by atoms with van der Waals surface area (Å²) in [7, 11) is 0. The third kappa shape index (κ3) is 3.09. The predicted molar refractivity (Wildman–Crippen MR) is 58.7 cm³/mol. The van der Waals surface area contributed by atoms with Gasteiger partial charge in [0.15, 0.2) is 0 Å². The van der Waals surface area contributed by atoms with Crippen LogP contribution in [-0.2, 0) is 0 Å². The molecule has 4 nitrogen and oxygen atoms in total. The lowest BCUT2D eigenvalue weighted by Crippen LogP contribution is -2.42. The van der Waals surface area contributed by atoms with E-state index in [0.717, 1.165) is 0 Å². The number of hydrogen-bond donors (Lipinski definition) is 3. The molecule has 0 radical (unpaired) electrons. The second-order valence-corrected chi connectivity index (χ2v) is 3.70. The Morgan fingerprint density at radius 1 is 1.53 bits per heavy atom. The number of carbonyl (C=O) groups excluding carboxylic acids is 1. The number of hydrogen-bond acceptors (Lipinski definition) is 2. The van der Waals surface area contributed by atoms with Gasteiger partial charge in [-0.3, -0.25) is 4.79 Å². The summed E-state index contributed by atoms with van der Waals surface area (Å²) < 4.78 is 0. The second-order valence-electron chi connectivity index (χ2n) is 3.70. The lowest BCUT2D eigenvalue weighted by Gasteiger charge is -2.25. The first-order chi connectivity index (χ1) is 7.11. The van der Waals surface area contributed by atoms with E-state index in [1.807, 2.05) is 13.8 Å². The van der Waals surface area contributed by atoms with Crippen molar-refractivity contribution >= 4 is 5.91 Å². The fourth-order valence-electron chi connectivity index (χ4n) is 1.31. The molecule has 0 aliphatic rings. The van der Waals surface area contributed by atoms with Crippen molar-refractivity contribution < 1.29 is 9.90 Å². The van der Waals surface area contributed by atoms with E-state index in [9.17, 15) is 9.90 Å². The molecule has 0 saturated carbocycles. The Bertz CT molecular complexity index is 302. The smallest absolute Gasteiger partial charge is 0.267 e. The zero-order valence-electron chi connectivity index (χ0n) is 9.21. The number of aliphatic hydroxyl groups is 1. The van der Waals surface area contributed by atoms with Gasteiger partial charge in [-0.05, 0) is 25.0 Å². The summed E-state index contributed by atoms with van der Waals surface area (Å²) in [6.45, 7) is 4.10. The normalized spacial score (nSPS) is 11.4. The Balaban J connectivity index is 2.47. The Kier molecular flexibility index (Phi) is 3.91. The average molecular weight is 210 g/mol. The molecule has 1 aromatic rings. The summed E-state index contributed by atoms with van der Waals surface area (Å²) in [4.78, 5) is 14.3. The van der Waals surface area contributed by atoms with Crippen LogP contribution in [0.15, 0.2) is 18.3 Å². The molecule has 0 bridgehead atoms. The van der Waals surface area contributed by atoms with E-state index in [4.69, 9.17) is 0 Å². The standard InChI is InChI=1S/C11H18N2O2/c1-3-11(15,4-2)8-13-10(14)9-6-5-7-12-9/h5-7,12,15H,3-4,8H2,1-2H3,(H,13,14). The molecule has 0 atom stereocenters. The topological polar surface area (TPSA) is 65.1 Å². The minimum absolute atomic E-state index is 0.180. The molecular weight excluding hydrogens is 192 g/mol. The minimum Gasteiger partial charge on any atom is -0.388 e. The number of carbonyl (C=O) groups is 1. The van der Waals surface area contributed by atoms with Gasteiger partial charge in [0.05, 0.1) is 5.60 Å². The van der Waals surface area contributed by atoms with E-state index in [0.29, 0.717) is 18.5 Å². The zero-order chi connectivity index (χ0) is 11.3. The molecule has 1 amide bonds. The van der Waals surface area contributed by atoms with Crippen molar-refractivity contribution in [2.75, 3.05) is 6.54 Å². The van der Waals surface area contributed by atoms with Crippen molar-refractivity contribution in [3.05, 3.63) is 24.0 Å². The lowest BCUT2D eigenvalue weighted by atomic mass is 9.97. The first kappa shape index (κ1) is 11.8. The van der Waals surface area contributed by atoms with E-state index in [2.05, 4.69) is 10.3 Å². The Morgan fingerprint density at radius 2 is 2.20 bits per heavy atom. The van der Waals surface area contributed by atoms with Crippen LogP contribution in [0, 0.1) is 0 Å². The number of rotatable bonds is 5. The summed E-state index contributed by atoms with van der Waals surface area (Å²) in [5, 5.41) is 12.7. The number of aromatic amines is 1. The van der Waals surface area contributed by atoms with Crippen LogP contribution in [0.2, 0.25) is 0 Å². The van der Waals surface area contributed by atoms with Crippen LogP contribution in [0.4, 0.5) is 0 Å². The molecular formula is C11H18N2O2. The molecule has 1 heterocycles. The van der Waals surface area contributed by atoms with Crippen molar-refractivity contribution in [3.63, 3.8) is 0 Å². The lowest BCUT2D eigenvalue weighted by molar-refractivity contribution is 0.0313. The molecule has 84 valence electrons. The van der Waals surface area contributed by atoms with Gasteiger partial charge in [-0.2, -0.15) is 0 Å². The largest absolute Gasteiger partial charge is 0.388 e. The van der Waals surface area contributed by atoms with Gasteiger partial charge < -0.3 is 15.4 Å². The van der Waals surface area contributed by atoms with Crippen molar-refractivity contribution in [2.24, 2.45) is 0 Å². The predicted octanol–water partition coefficient (Wildman–Crippen LogP) is 1.30. The summed E-state index contributed by atoms with van der Waals surface area (Å²) in [5.41, 5.74) is -0.271. The summed E-state index contributed by atoms with van der Waals surface area (Å²) in [6, 6.07) is 3.47. The van der Waals surface area contributed by atoms with Gasteiger partial charge in [0, 0.05) is 12.7 Å². The number of nitrogens with one attached hydrogen (secondary N) is 2. The number of aromatic nitrogens is 1. The van der Waals surface area contributed by atoms with Gasteiger partial charge in [0.2, 0.25) is 0 Å². The highest BCUT2D eigenvalue weighted by Crippen LogP contribution is 2.12. The molecule has 15 heavy (non-hydrogen) atoms. The van der Waals surface area contributed by atoms with Gasteiger partial charge in [0.25, 0.3) is 5.91 Å². The van der Waals surface area contributed by atoms with E-state index >= 15 is 0 Å². The van der Waals surface area contributed by atoms with E-state index < -0.39 is 5.60 Å². The van der Waals surface area contributed by atoms with Crippen molar-refractivity contribution in [1.82, 2.24) is 10.3 Å². The summed E-state index contributed by atoms with van der Waals surface area (Å²) in [5.74, 6) is -0.180. The first-order valence-corrected chi connectivity index (χ1v) is 5.25. The van der Waals surface area contributed by atoms with Crippen LogP contribution in [-0.4, -0.2) is 28.1 Å². The molecule has 0 aromatic carbocycles. The molecule has 0 spiro atoms. The molecule has 0 fully saturated rings. The van der Waals surface area contributed by atoms with Crippen molar-refractivity contribution in [2.45, 2.75) is 32.3 Å². The highest BCUT2D eigenvalue weighted by atomic mass is 16.3. The summed E-state index contributed by atoms with van der Waals surface area (Å²) in [6.07, 6.45) is 2.96. The Hall–Kier alpha value is -1.29. The van der Waals surface area contributed by atoms with Gasteiger partial charge in [-0.25, -0.2) is 0 Å². The maximum atomic E-state index is 11.5. The van der Waals surface area contributed by atoms with Gasteiger partial charge in [-0.1, -0.05) is 13.8 Å². The van der Waals surface area contributed by atoms with Crippen LogP contribution in [0.3, 0.4) is 0 Å². The van der Waals surface area contributed by atoms with Crippen molar-refractivity contribution in [1.29, 1.82) is 0 Å². The van der Waals surface area contributed by atoms with Crippen LogP contribution < -0.4 is 5.32 Å². The fraction of sp³-hybridized carbons (Fsp3) is 0.545. The number of amides is 1. The quantitative estimate of drug-likeness (QED) is 0.685. The Labute approximate surface area is 89.7 Å². The van der Waals surface area contributed by atoms with Crippen LogP contribution >= 0.6 is 0 Å². The summed E-state index contributed by atoms with van der Waals surface area (Å²) >= 11 is 0. The molecule has 3 N–H and O–H groups in total. The molecule has 0 saturated heterocycles. The van der Waals surface area contributed by atoms with Crippen LogP contribution in [0.5, 0.6) is 0 Å². The van der Waals surface area contributed by atoms with Crippen LogP contribution in [0.1, 0.15) is 37.2 Å². The average Bonchev–Trinajstić information content (AvgIpc) is 2.79. The molecule has 1 rings (SSSR count). The molecule has 0 aliphatic heterocycles. The molecule has 1 aromatic heterocycles. The number of H-pyrrole nitrogens is 1.